The third kappa shape index (κ3) is 12.0. The lowest BCUT2D eigenvalue weighted by molar-refractivity contribution is -0.117. The number of hydrogen-bond donors (Lipinski definition) is 0. The topological polar surface area (TPSA) is 17.1 Å². The van der Waals surface area contributed by atoms with Gasteiger partial charge in [-0.3, -0.25) is 4.79 Å². The van der Waals surface area contributed by atoms with Gasteiger partial charge in [0.25, 0.3) is 0 Å². The summed E-state index contributed by atoms with van der Waals surface area (Å²) in [6.07, 6.45) is 11.5. The molecular formula is C15H28OS. The Balaban J connectivity index is 3.44. The highest BCUT2D eigenvalue weighted by molar-refractivity contribution is 8.00. The van der Waals surface area contributed by atoms with Crippen LogP contribution in [0.5, 0.6) is 0 Å². The molecule has 0 bridgehead atoms. The fraction of sp³-hybridized carbons (Fsp3) is 0.800. The van der Waals surface area contributed by atoms with Crippen molar-refractivity contribution in [2.24, 2.45) is 0 Å². The van der Waals surface area contributed by atoms with Gasteiger partial charge in [-0.25, -0.2) is 0 Å². The molecule has 0 unspecified atom stereocenters. The van der Waals surface area contributed by atoms with Gasteiger partial charge in [-0.1, -0.05) is 39.3 Å². The monoisotopic (exact) mass is 256 g/mol. The summed E-state index contributed by atoms with van der Waals surface area (Å²) in [5, 5.41) is 0. The first kappa shape index (κ1) is 16.8. The number of carbonyl (C=O) groups excluding carboxylic acids is 1. The van der Waals surface area contributed by atoms with E-state index in [0.29, 0.717) is 12.2 Å². The fourth-order valence-electron chi connectivity index (χ4n) is 1.82. The summed E-state index contributed by atoms with van der Waals surface area (Å²) in [7, 11) is 0. The average Bonchev–Trinajstić information content (AvgIpc) is 2.20. The van der Waals surface area contributed by atoms with Crippen LogP contribution in [-0.2, 0) is 4.79 Å². The third-order valence-corrected chi connectivity index (χ3v) is 4.00. The number of thioether (sulfide) groups is 1. The van der Waals surface area contributed by atoms with Gasteiger partial charge in [0, 0.05) is 11.2 Å². The highest BCUT2D eigenvalue weighted by atomic mass is 32.2. The van der Waals surface area contributed by atoms with E-state index >= 15 is 0 Å². The van der Waals surface area contributed by atoms with E-state index in [4.69, 9.17) is 0 Å². The number of unbranched alkanes of at least 4 members (excludes halogenated alkanes) is 3. The quantitative estimate of drug-likeness (QED) is 0.404. The average molecular weight is 256 g/mol. The predicted molar refractivity (Wildman–Crippen MR) is 79.7 cm³/mol. The van der Waals surface area contributed by atoms with Crippen molar-refractivity contribution >= 4 is 17.5 Å². The maximum absolute atomic E-state index is 11.1. The van der Waals surface area contributed by atoms with Crippen molar-refractivity contribution in [3.63, 3.8) is 0 Å². The molecule has 0 saturated carbocycles. The summed E-state index contributed by atoms with van der Waals surface area (Å²) >= 11 is 1.94. The van der Waals surface area contributed by atoms with Crippen LogP contribution in [0.3, 0.4) is 0 Å². The molecule has 0 radical (unpaired) electrons. The van der Waals surface area contributed by atoms with E-state index in [1.807, 2.05) is 11.8 Å². The van der Waals surface area contributed by atoms with Crippen molar-refractivity contribution in [2.75, 3.05) is 5.75 Å². The number of Topliss-reactive ketones (excluding diaryl/α,β-unsaturated/α-hetero) is 1. The molecule has 0 aliphatic rings. The molecule has 0 atom stereocenters. The van der Waals surface area contributed by atoms with Gasteiger partial charge in [0.1, 0.15) is 5.78 Å². The van der Waals surface area contributed by atoms with Crippen molar-refractivity contribution < 1.29 is 4.79 Å². The van der Waals surface area contributed by atoms with Crippen LogP contribution < -0.4 is 0 Å². The molecule has 17 heavy (non-hydrogen) atoms. The van der Waals surface area contributed by atoms with Crippen LogP contribution in [0.25, 0.3) is 0 Å². The first-order valence-electron chi connectivity index (χ1n) is 6.76. The Morgan fingerprint density at radius 3 is 2.47 bits per heavy atom. The second-order valence-electron chi connectivity index (χ2n) is 5.22. The van der Waals surface area contributed by atoms with Crippen molar-refractivity contribution in [3.8, 4) is 0 Å². The molecular weight excluding hydrogens is 228 g/mol. The summed E-state index contributed by atoms with van der Waals surface area (Å²) < 4.78 is 0.119. The molecule has 0 aliphatic carbocycles. The van der Waals surface area contributed by atoms with Crippen LogP contribution in [-0.4, -0.2) is 16.3 Å². The van der Waals surface area contributed by atoms with E-state index in [0.717, 1.165) is 6.42 Å². The van der Waals surface area contributed by atoms with E-state index in [-0.39, 0.29) is 4.75 Å². The molecule has 0 rings (SSSR count). The van der Waals surface area contributed by atoms with Gasteiger partial charge >= 0.3 is 0 Å². The Hall–Kier alpha value is -0.240. The zero-order valence-corrected chi connectivity index (χ0v) is 12.7. The van der Waals surface area contributed by atoms with E-state index in [1.54, 1.807) is 6.92 Å². The zero-order chi connectivity index (χ0) is 13.1. The van der Waals surface area contributed by atoms with E-state index in [1.165, 1.54) is 31.4 Å². The Morgan fingerprint density at radius 2 is 1.88 bits per heavy atom. The van der Waals surface area contributed by atoms with Crippen LogP contribution in [0.4, 0.5) is 0 Å². The summed E-state index contributed by atoms with van der Waals surface area (Å²) in [6, 6.07) is 0. The molecule has 0 aromatic carbocycles. The number of hydrogen-bond acceptors (Lipinski definition) is 2. The minimum Gasteiger partial charge on any atom is -0.300 e. The lowest BCUT2D eigenvalue weighted by Crippen LogP contribution is -2.19. The smallest absolute Gasteiger partial charge is 0.131 e. The minimum atomic E-state index is 0.119. The first-order chi connectivity index (χ1) is 7.98. The molecule has 0 N–H and O–H groups in total. The third-order valence-electron chi connectivity index (χ3n) is 2.58. The van der Waals surface area contributed by atoms with Crippen molar-refractivity contribution in [1.82, 2.24) is 0 Å². The van der Waals surface area contributed by atoms with Crippen molar-refractivity contribution in [2.45, 2.75) is 71.0 Å². The van der Waals surface area contributed by atoms with E-state index < -0.39 is 0 Å². The molecule has 1 nitrogen and oxygen atoms in total. The maximum atomic E-state index is 11.1. The number of rotatable bonds is 10. The second kappa shape index (κ2) is 9.76. The van der Waals surface area contributed by atoms with Crippen molar-refractivity contribution in [3.05, 3.63) is 12.2 Å². The van der Waals surface area contributed by atoms with Gasteiger partial charge in [-0.05, 0) is 38.4 Å². The fourth-order valence-corrected chi connectivity index (χ4v) is 3.03. The van der Waals surface area contributed by atoms with Crippen LogP contribution >= 0.6 is 11.8 Å². The summed E-state index contributed by atoms with van der Waals surface area (Å²) in [5.41, 5.74) is 0. The highest BCUT2D eigenvalue weighted by Gasteiger charge is 2.19. The largest absolute Gasteiger partial charge is 0.300 e. The molecule has 0 fully saturated rings. The Labute approximate surface area is 111 Å². The Bertz CT molecular complexity index is 231. The minimum absolute atomic E-state index is 0.119. The van der Waals surface area contributed by atoms with Gasteiger partial charge < -0.3 is 0 Å². The zero-order valence-electron chi connectivity index (χ0n) is 11.9. The summed E-state index contributed by atoms with van der Waals surface area (Å²) in [5.74, 6) is 1.48. The normalized spacial score (nSPS) is 12.2. The van der Waals surface area contributed by atoms with Crippen LogP contribution in [0, 0.1) is 0 Å². The molecule has 100 valence electrons. The lowest BCUT2D eigenvalue weighted by atomic mass is 10.1. The number of allylic oxidation sites excluding steroid dienone is 2. The predicted octanol–water partition coefficient (Wildman–Crippen LogP) is 5.00. The molecule has 0 aromatic heterocycles. The molecule has 0 aliphatic heterocycles. The summed E-state index contributed by atoms with van der Waals surface area (Å²) in [6.45, 7) is 8.19. The molecule has 0 heterocycles. The lowest BCUT2D eigenvalue weighted by Gasteiger charge is -2.22. The van der Waals surface area contributed by atoms with Crippen LogP contribution in [0.15, 0.2) is 12.2 Å². The van der Waals surface area contributed by atoms with Gasteiger partial charge in [-0.15, -0.1) is 0 Å². The van der Waals surface area contributed by atoms with E-state index in [9.17, 15) is 4.79 Å². The van der Waals surface area contributed by atoms with E-state index in [2.05, 4.69) is 32.9 Å². The van der Waals surface area contributed by atoms with Gasteiger partial charge in [-0.2, -0.15) is 11.8 Å². The SMILES string of the molecule is CCC=CCCCCCSC(C)(C)CC(C)=O. The highest BCUT2D eigenvalue weighted by Crippen LogP contribution is 2.29. The van der Waals surface area contributed by atoms with Crippen molar-refractivity contribution in [1.29, 1.82) is 0 Å². The van der Waals surface area contributed by atoms with Gasteiger partial charge in [0.15, 0.2) is 0 Å². The maximum Gasteiger partial charge on any atom is 0.131 e. The number of ketones is 1. The molecule has 0 aromatic rings. The van der Waals surface area contributed by atoms with Gasteiger partial charge in [0.2, 0.25) is 0 Å². The Morgan fingerprint density at radius 1 is 1.18 bits per heavy atom. The standard InChI is InChI=1S/C15H28OS/c1-5-6-7-8-9-10-11-12-17-15(3,4)13-14(2)16/h6-7H,5,8-13H2,1-4H3. The van der Waals surface area contributed by atoms with Crippen LogP contribution in [0.1, 0.15) is 66.2 Å². The summed E-state index contributed by atoms with van der Waals surface area (Å²) in [4.78, 5) is 11.1. The molecule has 0 amide bonds. The molecule has 0 spiro atoms. The van der Waals surface area contributed by atoms with Crippen LogP contribution in [0.2, 0.25) is 0 Å². The second-order valence-corrected chi connectivity index (χ2v) is 7.02. The van der Waals surface area contributed by atoms with Gasteiger partial charge in [0.05, 0.1) is 0 Å². The first-order valence-corrected chi connectivity index (χ1v) is 7.75. The Kier molecular flexibility index (Phi) is 9.62. The molecule has 0 saturated heterocycles. The number of carbonyl (C=O) groups is 1. The molecule has 2 heteroatoms.